The predicted molar refractivity (Wildman–Crippen MR) is 111 cm³/mol. The summed E-state index contributed by atoms with van der Waals surface area (Å²) in [5.74, 6) is 0. The molecule has 0 unspecified atom stereocenters. The Bertz CT molecular complexity index is 734. The van der Waals surface area contributed by atoms with Gasteiger partial charge in [0, 0.05) is 24.8 Å². The van der Waals surface area contributed by atoms with Crippen molar-refractivity contribution in [2.75, 3.05) is 12.8 Å². The molecule has 2 rings (SSSR count). The van der Waals surface area contributed by atoms with Crippen LogP contribution in [0.3, 0.4) is 0 Å². The summed E-state index contributed by atoms with van der Waals surface area (Å²) >= 11 is 0. The van der Waals surface area contributed by atoms with E-state index in [0.717, 1.165) is 29.7 Å². The molecule has 0 N–H and O–H groups in total. The molecule has 0 amide bonds. The minimum Gasteiger partial charge on any atom is -0.256 e. The Labute approximate surface area is 164 Å². The normalized spacial score (nSPS) is 11.3. The van der Waals surface area contributed by atoms with E-state index in [2.05, 4.69) is 11.9 Å². The molecule has 0 saturated carbocycles. The van der Waals surface area contributed by atoms with Gasteiger partial charge < -0.3 is 0 Å². The Hall–Kier alpha value is -1.43. The van der Waals surface area contributed by atoms with Gasteiger partial charge in [0.15, 0.2) is 0 Å². The molecule has 0 atom stereocenters. The van der Waals surface area contributed by atoms with Crippen LogP contribution >= 0.6 is 12.4 Å². The van der Waals surface area contributed by atoms with Crippen LogP contribution in [0, 0.1) is 0 Å². The molecule has 0 aliphatic heterocycles. The van der Waals surface area contributed by atoms with Gasteiger partial charge in [-0.1, -0.05) is 62.9 Å². The molecule has 6 heteroatoms. The van der Waals surface area contributed by atoms with Crippen molar-refractivity contribution in [1.82, 2.24) is 9.29 Å². The van der Waals surface area contributed by atoms with Gasteiger partial charge in [-0.05, 0) is 24.1 Å². The third-order valence-corrected chi connectivity index (χ3v) is 5.50. The third kappa shape index (κ3) is 7.44. The minimum atomic E-state index is -3.20. The van der Waals surface area contributed by atoms with Gasteiger partial charge in [0.2, 0.25) is 10.0 Å². The first-order valence-corrected chi connectivity index (χ1v) is 10.8. The van der Waals surface area contributed by atoms with E-state index < -0.39 is 10.0 Å². The van der Waals surface area contributed by atoms with Crippen molar-refractivity contribution < 1.29 is 8.42 Å². The van der Waals surface area contributed by atoms with Gasteiger partial charge >= 0.3 is 0 Å². The van der Waals surface area contributed by atoms with Crippen molar-refractivity contribution in [3.8, 4) is 11.3 Å². The summed E-state index contributed by atoms with van der Waals surface area (Å²) < 4.78 is 25.7. The lowest BCUT2D eigenvalue weighted by Crippen LogP contribution is -2.30. The molecule has 0 saturated heterocycles. The fourth-order valence-electron chi connectivity index (χ4n) is 2.77. The average molecular weight is 397 g/mol. The minimum absolute atomic E-state index is 0. The monoisotopic (exact) mass is 396 g/mol. The Balaban J connectivity index is 0.00000338. The molecule has 1 aromatic carbocycles. The Morgan fingerprint density at radius 3 is 2.23 bits per heavy atom. The van der Waals surface area contributed by atoms with Crippen LogP contribution in [0.5, 0.6) is 0 Å². The van der Waals surface area contributed by atoms with Crippen LogP contribution in [0.2, 0.25) is 0 Å². The molecule has 144 valence electrons. The van der Waals surface area contributed by atoms with E-state index in [4.69, 9.17) is 0 Å². The zero-order chi connectivity index (χ0) is 18.1. The standard InChI is InChI=1S/C20H28N2O2S.ClH/c1-3-4-5-6-9-16-22(25(2,23)24)17-18-11-13-19(14-12-18)20-10-7-8-15-21-20;/h7-8,10-15H,3-6,9,16-17H2,1-2H3;1H. The van der Waals surface area contributed by atoms with Crippen molar-refractivity contribution in [3.63, 3.8) is 0 Å². The number of sulfonamides is 1. The number of unbranched alkanes of at least 4 members (excludes halogenated alkanes) is 4. The van der Waals surface area contributed by atoms with Gasteiger partial charge in [0.25, 0.3) is 0 Å². The van der Waals surface area contributed by atoms with E-state index in [9.17, 15) is 8.42 Å². The Kier molecular flexibility index (Phi) is 9.84. The predicted octanol–water partition coefficient (Wildman–Crippen LogP) is 4.90. The molecule has 0 bridgehead atoms. The maximum absolute atomic E-state index is 12.1. The molecule has 26 heavy (non-hydrogen) atoms. The highest BCUT2D eigenvalue weighted by atomic mass is 35.5. The fourth-order valence-corrected chi connectivity index (χ4v) is 3.62. The Morgan fingerprint density at radius 2 is 1.65 bits per heavy atom. The SMILES string of the molecule is CCCCCCCN(Cc1ccc(-c2ccccn2)cc1)S(C)(=O)=O.Cl. The summed E-state index contributed by atoms with van der Waals surface area (Å²) in [7, 11) is -3.20. The molecule has 1 aromatic heterocycles. The van der Waals surface area contributed by atoms with Crippen molar-refractivity contribution in [2.24, 2.45) is 0 Å². The van der Waals surface area contributed by atoms with Crippen LogP contribution in [-0.4, -0.2) is 30.5 Å². The first-order chi connectivity index (χ1) is 12.0. The van der Waals surface area contributed by atoms with Crippen molar-refractivity contribution in [3.05, 3.63) is 54.2 Å². The number of hydrogen-bond donors (Lipinski definition) is 0. The van der Waals surface area contributed by atoms with Crippen LogP contribution in [0.4, 0.5) is 0 Å². The quantitative estimate of drug-likeness (QED) is 0.536. The number of hydrogen-bond acceptors (Lipinski definition) is 3. The number of benzene rings is 1. The number of rotatable bonds is 10. The second kappa shape index (κ2) is 11.3. The van der Waals surface area contributed by atoms with Crippen molar-refractivity contribution in [1.29, 1.82) is 0 Å². The summed E-state index contributed by atoms with van der Waals surface area (Å²) in [4.78, 5) is 4.34. The molecular formula is C20H29ClN2O2S. The molecule has 4 nitrogen and oxygen atoms in total. The zero-order valence-corrected chi connectivity index (χ0v) is 17.2. The van der Waals surface area contributed by atoms with Crippen molar-refractivity contribution in [2.45, 2.75) is 45.6 Å². The van der Waals surface area contributed by atoms with Gasteiger partial charge in [-0.3, -0.25) is 4.98 Å². The molecule has 0 spiro atoms. The molecule has 0 aliphatic rings. The Morgan fingerprint density at radius 1 is 0.962 bits per heavy atom. The highest BCUT2D eigenvalue weighted by Crippen LogP contribution is 2.18. The number of pyridine rings is 1. The van der Waals surface area contributed by atoms with Crippen LogP contribution in [-0.2, 0) is 16.6 Å². The van der Waals surface area contributed by atoms with E-state index in [1.54, 1.807) is 10.5 Å². The maximum atomic E-state index is 12.1. The molecule has 0 aliphatic carbocycles. The second-order valence-electron chi connectivity index (χ2n) is 6.42. The van der Waals surface area contributed by atoms with Crippen LogP contribution in [0.1, 0.15) is 44.6 Å². The first kappa shape index (κ1) is 22.6. The van der Waals surface area contributed by atoms with Gasteiger partial charge in [-0.25, -0.2) is 8.42 Å². The molecular weight excluding hydrogens is 368 g/mol. The van der Waals surface area contributed by atoms with E-state index in [1.165, 1.54) is 25.5 Å². The van der Waals surface area contributed by atoms with Crippen LogP contribution in [0.15, 0.2) is 48.7 Å². The topological polar surface area (TPSA) is 50.3 Å². The lowest BCUT2D eigenvalue weighted by molar-refractivity contribution is 0.395. The number of aromatic nitrogens is 1. The summed E-state index contributed by atoms with van der Waals surface area (Å²) in [6.45, 7) is 3.19. The first-order valence-electron chi connectivity index (χ1n) is 8.96. The van der Waals surface area contributed by atoms with Gasteiger partial charge in [-0.15, -0.1) is 12.4 Å². The second-order valence-corrected chi connectivity index (χ2v) is 8.41. The highest BCUT2D eigenvalue weighted by Gasteiger charge is 2.16. The number of nitrogens with zero attached hydrogens (tertiary/aromatic N) is 2. The van der Waals surface area contributed by atoms with E-state index in [-0.39, 0.29) is 12.4 Å². The van der Waals surface area contributed by atoms with Crippen molar-refractivity contribution >= 4 is 22.4 Å². The summed E-state index contributed by atoms with van der Waals surface area (Å²) in [6, 6.07) is 13.8. The smallest absolute Gasteiger partial charge is 0.211 e. The van der Waals surface area contributed by atoms with E-state index >= 15 is 0 Å². The lowest BCUT2D eigenvalue weighted by Gasteiger charge is -2.20. The average Bonchev–Trinajstić information content (AvgIpc) is 2.61. The molecule has 2 aromatic rings. The molecule has 1 heterocycles. The van der Waals surface area contributed by atoms with E-state index in [1.807, 2.05) is 42.5 Å². The van der Waals surface area contributed by atoms with Gasteiger partial charge in [0.1, 0.15) is 0 Å². The fraction of sp³-hybridized carbons (Fsp3) is 0.450. The van der Waals surface area contributed by atoms with E-state index in [0.29, 0.717) is 13.1 Å². The zero-order valence-electron chi connectivity index (χ0n) is 15.6. The lowest BCUT2D eigenvalue weighted by atomic mass is 10.1. The van der Waals surface area contributed by atoms with Crippen LogP contribution in [0.25, 0.3) is 11.3 Å². The largest absolute Gasteiger partial charge is 0.256 e. The molecule has 0 fully saturated rings. The number of halogens is 1. The third-order valence-electron chi connectivity index (χ3n) is 4.25. The molecule has 0 radical (unpaired) electrons. The summed E-state index contributed by atoms with van der Waals surface area (Å²) in [5, 5.41) is 0. The summed E-state index contributed by atoms with van der Waals surface area (Å²) in [5.41, 5.74) is 2.96. The maximum Gasteiger partial charge on any atom is 0.211 e. The highest BCUT2D eigenvalue weighted by molar-refractivity contribution is 7.88. The van der Waals surface area contributed by atoms with Gasteiger partial charge in [0.05, 0.1) is 11.9 Å². The van der Waals surface area contributed by atoms with Gasteiger partial charge in [-0.2, -0.15) is 4.31 Å². The summed E-state index contributed by atoms with van der Waals surface area (Å²) in [6.07, 6.45) is 8.64. The van der Waals surface area contributed by atoms with Crippen LogP contribution < -0.4 is 0 Å².